The molecule has 0 bridgehead atoms. The van der Waals surface area contributed by atoms with Gasteiger partial charge in [-0.2, -0.15) is 10.1 Å². The molecule has 1 saturated carbocycles. The van der Waals surface area contributed by atoms with Crippen molar-refractivity contribution in [2.45, 2.75) is 44.7 Å². The number of carbonyl (C=O) groups is 1. The SMILES string of the molecule is O=C(O)Cn1cc(Nc2ncc3ccn(CC4CCCC(F)(F)C4)c3n2)cn1. The van der Waals surface area contributed by atoms with Crippen molar-refractivity contribution in [3.8, 4) is 0 Å². The number of nitrogens with one attached hydrogen (secondary N) is 1. The second-order valence-electron chi connectivity index (χ2n) is 7.20. The first-order valence-electron chi connectivity index (χ1n) is 9.09. The number of anilines is 2. The van der Waals surface area contributed by atoms with E-state index in [2.05, 4.69) is 20.4 Å². The lowest BCUT2D eigenvalue weighted by Crippen LogP contribution is -2.28. The standard InChI is InChI=1S/C18H20F2N6O2/c19-18(20)4-1-2-12(6-18)9-25-5-3-13-7-21-17(24-16(13)25)23-14-8-22-26(10-14)11-15(27)28/h3,5,7-8,10,12H,1-2,4,6,9,11H2,(H,27,28)(H,21,23,24). The lowest BCUT2D eigenvalue weighted by molar-refractivity contribution is -0.137. The van der Waals surface area contributed by atoms with E-state index in [0.29, 0.717) is 30.2 Å². The highest BCUT2D eigenvalue weighted by atomic mass is 19.3. The van der Waals surface area contributed by atoms with E-state index in [4.69, 9.17) is 5.11 Å². The summed E-state index contributed by atoms with van der Waals surface area (Å²) in [4.78, 5) is 19.5. The van der Waals surface area contributed by atoms with Gasteiger partial charge in [0, 0.05) is 43.4 Å². The summed E-state index contributed by atoms with van der Waals surface area (Å²) in [6, 6.07) is 1.87. The largest absolute Gasteiger partial charge is 0.480 e. The summed E-state index contributed by atoms with van der Waals surface area (Å²) in [6.07, 6.45) is 7.75. The molecular formula is C18H20F2N6O2. The zero-order valence-electron chi connectivity index (χ0n) is 15.1. The summed E-state index contributed by atoms with van der Waals surface area (Å²) < 4.78 is 30.6. The summed E-state index contributed by atoms with van der Waals surface area (Å²) in [5.41, 5.74) is 1.23. The average Bonchev–Trinajstić information content (AvgIpc) is 3.21. The fraction of sp³-hybridized carbons (Fsp3) is 0.444. The Morgan fingerprint density at radius 3 is 3.04 bits per heavy atom. The highest BCUT2D eigenvalue weighted by Crippen LogP contribution is 2.37. The van der Waals surface area contributed by atoms with E-state index in [1.165, 1.54) is 10.9 Å². The van der Waals surface area contributed by atoms with Crippen molar-refractivity contribution in [1.29, 1.82) is 0 Å². The van der Waals surface area contributed by atoms with Crippen molar-refractivity contribution in [3.05, 3.63) is 30.9 Å². The van der Waals surface area contributed by atoms with E-state index in [1.807, 2.05) is 16.8 Å². The highest BCUT2D eigenvalue weighted by molar-refractivity contribution is 5.76. The molecule has 0 aromatic carbocycles. The van der Waals surface area contributed by atoms with Crippen LogP contribution in [-0.4, -0.2) is 41.3 Å². The van der Waals surface area contributed by atoms with Gasteiger partial charge in [-0.1, -0.05) is 0 Å². The molecule has 0 spiro atoms. The van der Waals surface area contributed by atoms with Gasteiger partial charge in [0.1, 0.15) is 12.2 Å². The summed E-state index contributed by atoms with van der Waals surface area (Å²) in [7, 11) is 0. The van der Waals surface area contributed by atoms with Crippen LogP contribution in [0.25, 0.3) is 11.0 Å². The van der Waals surface area contributed by atoms with Crippen LogP contribution in [0.5, 0.6) is 0 Å². The molecule has 1 aliphatic rings. The van der Waals surface area contributed by atoms with Crippen molar-refractivity contribution in [3.63, 3.8) is 0 Å². The van der Waals surface area contributed by atoms with E-state index in [9.17, 15) is 13.6 Å². The molecule has 0 amide bonds. The number of fused-ring (bicyclic) bond motifs is 1. The molecular weight excluding hydrogens is 370 g/mol. The summed E-state index contributed by atoms with van der Waals surface area (Å²) in [6.45, 7) is 0.253. The van der Waals surface area contributed by atoms with Crippen LogP contribution in [0.1, 0.15) is 25.7 Å². The summed E-state index contributed by atoms with van der Waals surface area (Å²) >= 11 is 0. The zero-order chi connectivity index (χ0) is 19.7. The fourth-order valence-electron chi connectivity index (χ4n) is 3.67. The van der Waals surface area contributed by atoms with Gasteiger partial charge in [0.05, 0.1) is 11.9 Å². The Bertz CT molecular complexity index is 999. The summed E-state index contributed by atoms with van der Waals surface area (Å²) in [5.74, 6) is -3.32. The van der Waals surface area contributed by atoms with Crippen LogP contribution in [0.15, 0.2) is 30.9 Å². The molecule has 8 nitrogen and oxygen atoms in total. The number of hydrogen-bond acceptors (Lipinski definition) is 5. The number of aromatic nitrogens is 5. The maximum atomic E-state index is 13.7. The van der Waals surface area contributed by atoms with Crippen molar-refractivity contribution in [1.82, 2.24) is 24.3 Å². The first kappa shape index (κ1) is 18.3. The third-order valence-electron chi connectivity index (χ3n) is 4.89. The van der Waals surface area contributed by atoms with E-state index < -0.39 is 11.9 Å². The Kier molecular flexibility index (Phi) is 4.70. The molecule has 1 unspecified atom stereocenters. The van der Waals surface area contributed by atoms with Crippen LogP contribution in [0.2, 0.25) is 0 Å². The molecule has 1 atom stereocenters. The molecule has 0 saturated heterocycles. The number of hydrogen-bond donors (Lipinski definition) is 2. The number of nitrogens with zero attached hydrogens (tertiary/aromatic N) is 5. The molecule has 0 aliphatic heterocycles. The van der Waals surface area contributed by atoms with E-state index in [0.717, 1.165) is 11.8 Å². The second-order valence-corrected chi connectivity index (χ2v) is 7.20. The number of rotatable bonds is 6. The molecule has 148 valence electrons. The van der Waals surface area contributed by atoms with Crippen LogP contribution in [0, 0.1) is 5.92 Å². The molecule has 3 heterocycles. The predicted molar refractivity (Wildman–Crippen MR) is 97.6 cm³/mol. The third kappa shape index (κ3) is 4.10. The molecule has 3 aromatic rings. The molecule has 0 radical (unpaired) electrons. The van der Waals surface area contributed by atoms with Gasteiger partial charge >= 0.3 is 5.97 Å². The first-order valence-corrected chi connectivity index (χ1v) is 9.09. The van der Waals surface area contributed by atoms with E-state index in [1.54, 1.807) is 12.4 Å². The number of alkyl halides is 2. The van der Waals surface area contributed by atoms with Gasteiger partial charge in [0.25, 0.3) is 0 Å². The zero-order valence-corrected chi connectivity index (χ0v) is 15.1. The van der Waals surface area contributed by atoms with Gasteiger partial charge in [-0.05, 0) is 24.8 Å². The average molecular weight is 390 g/mol. The Labute approximate surface area is 159 Å². The molecule has 10 heteroatoms. The van der Waals surface area contributed by atoms with Crippen LogP contribution >= 0.6 is 0 Å². The number of carboxylic acid groups (broad SMARTS) is 1. The van der Waals surface area contributed by atoms with Crippen LogP contribution in [0.3, 0.4) is 0 Å². The van der Waals surface area contributed by atoms with Gasteiger partial charge in [-0.3, -0.25) is 9.48 Å². The molecule has 4 rings (SSSR count). The van der Waals surface area contributed by atoms with Gasteiger partial charge < -0.3 is 15.0 Å². The Hall–Kier alpha value is -3.04. The smallest absolute Gasteiger partial charge is 0.325 e. The number of aliphatic carboxylic acids is 1. The maximum Gasteiger partial charge on any atom is 0.325 e. The van der Waals surface area contributed by atoms with Gasteiger partial charge in [-0.15, -0.1) is 0 Å². The highest BCUT2D eigenvalue weighted by Gasteiger charge is 2.36. The van der Waals surface area contributed by atoms with E-state index >= 15 is 0 Å². The van der Waals surface area contributed by atoms with Crippen molar-refractivity contribution >= 4 is 28.6 Å². The molecule has 1 aliphatic carbocycles. The van der Waals surface area contributed by atoms with Crippen molar-refractivity contribution in [2.75, 3.05) is 5.32 Å². The maximum absolute atomic E-state index is 13.7. The van der Waals surface area contributed by atoms with Gasteiger partial charge in [-0.25, -0.2) is 13.8 Å². The fourth-order valence-corrected chi connectivity index (χ4v) is 3.67. The number of halogens is 2. The van der Waals surface area contributed by atoms with Gasteiger partial charge in [0.2, 0.25) is 11.9 Å². The Balaban J connectivity index is 1.51. The van der Waals surface area contributed by atoms with Crippen LogP contribution < -0.4 is 5.32 Å². The normalized spacial score (nSPS) is 19.0. The Morgan fingerprint density at radius 1 is 1.39 bits per heavy atom. The molecule has 3 aromatic heterocycles. The van der Waals surface area contributed by atoms with Crippen molar-refractivity contribution in [2.24, 2.45) is 5.92 Å². The second kappa shape index (κ2) is 7.17. The van der Waals surface area contributed by atoms with Crippen molar-refractivity contribution < 1.29 is 18.7 Å². The monoisotopic (exact) mass is 390 g/mol. The lowest BCUT2D eigenvalue weighted by atomic mass is 9.86. The first-order chi connectivity index (χ1) is 13.4. The summed E-state index contributed by atoms with van der Waals surface area (Å²) in [5, 5.41) is 16.6. The minimum atomic E-state index is -2.58. The minimum absolute atomic E-state index is 0.0261. The van der Waals surface area contributed by atoms with Crippen LogP contribution in [-0.2, 0) is 17.9 Å². The quantitative estimate of drug-likeness (QED) is 0.670. The van der Waals surface area contributed by atoms with Gasteiger partial charge in [0.15, 0.2) is 0 Å². The molecule has 2 N–H and O–H groups in total. The third-order valence-corrected chi connectivity index (χ3v) is 4.89. The van der Waals surface area contributed by atoms with Crippen LogP contribution in [0.4, 0.5) is 20.4 Å². The topological polar surface area (TPSA) is 97.9 Å². The lowest BCUT2D eigenvalue weighted by Gasteiger charge is -2.29. The number of carboxylic acids is 1. The predicted octanol–water partition coefficient (Wildman–Crippen LogP) is 3.28. The molecule has 1 fully saturated rings. The Morgan fingerprint density at radius 2 is 2.25 bits per heavy atom. The molecule has 28 heavy (non-hydrogen) atoms. The minimum Gasteiger partial charge on any atom is -0.480 e. The van der Waals surface area contributed by atoms with E-state index in [-0.39, 0.29) is 25.3 Å².